The van der Waals surface area contributed by atoms with Crippen LogP contribution in [0.5, 0.6) is 11.5 Å². The molecule has 0 aliphatic heterocycles. The fraction of sp³-hybridized carbons (Fsp3) is 0.462. The summed E-state index contributed by atoms with van der Waals surface area (Å²) in [4.78, 5) is 11.9. The Hall–Kier alpha value is -1.91. The highest BCUT2D eigenvalue weighted by Gasteiger charge is 2.20. The largest absolute Gasteiger partial charge is 0.496 e. The molecule has 0 unspecified atom stereocenters. The van der Waals surface area contributed by atoms with E-state index in [0.717, 1.165) is 6.42 Å². The summed E-state index contributed by atoms with van der Waals surface area (Å²) in [5.41, 5.74) is 6.38. The SMILES string of the molecule is CCCOC(=O)c1c(OC)ccc(OCC)c1N. The maximum atomic E-state index is 11.9. The number of rotatable bonds is 6. The lowest BCUT2D eigenvalue weighted by Gasteiger charge is -2.14. The van der Waals surface area contributed by atoms with Gasteiger partial charge in [0.05, 0.1) is 26.0 Å². The first-order valence-corrected chi connectivity index (χ1v) is 5.92. The van der Waals surface area contributed by atoms with Crippen LogP contribution in [0.25, 0.3) is 0 Å². The summed E-state index contributed by atoms with van der Waals surface area (Å²) in [6.07, 6.45) is 0.749. The smallest absolute Gasteiger partial charge is 0.344 e. The van der Waals surface area contributed by atoms with E-state index in [1.165, 1.54) is 7.11 Å². The molecule has 1 rings (SSSR count). The zero-order valence-electron chi connectivity index (χ0n) is 11.0. The van der Waals surface area contributed by atoms with E-state index in [9.17, 15) is 4.79 Å². The molecule has 0 saturated heterocycles. The van der Waals surface area contributed by atoms with Gasteiger partial charge in [-0.15, -0.1) is 0 Å². The molecule has 0 heterocycles. The van der Waals surface area contributed by atoms with E-state index in [2.05, 4.69) is 0 Å². The standard InChI is InChI=1S/C13H19NO4/c1-4-8-18-13(15)11-9(16-3)6-7-10(12(11)14)17-5-2/h6-7H,4-5,8,14H2,1-3H3. The molecule has 0 saturated carbocycles. The number of methoxy groups -OCH3 is 1. The molecule has 5 nitrogen and oxygen atoms in total. The molecule has 0 aliphatic rings. The topological polar surface area (TPSA) is 70.8 Å². The van der Waals surface area contributed by atoms with Crippen molar-refractivity contribution < 1.29 is 19.0 Å². The number of nitrogens with two attached hydrogens (primary N) is 1. The van der Waals surface area contributed by atoms with Gasteiger partial charge in [0.1, 0.15) is 17.1 Å². The number of ether oxygens (including phenoxy) is 3. The van der Waals surface area contributed by atoms with E-state index in [0.29, 0.717) is 24.7 Å². The van der Waals surface area contributed by atoms with Crippen molar-refractivity contribution in [2.45, 2.75) is 20.3 Å². The van der Waals surface area contributed by atoms with Gasteiger partial charge < -0.3 is 19.9 Å². The molecule has 18 heavy (non-hydrogen) atoms. The van der Waals surface area contributed by atoms with Gasteiger partial charge in [-0.1, -0.05) is 6.92 Å². The van der Waals surface area contributed by atoms with Crippen LogP contribution in [0.3, 0.4) is 0 Å². The van der Waals surface area contributed by atoms with Crippen LogP contribution in [-0.4, -0.2) is 26.3 Å². The van der Waals surface area contributed by atoms with Crippen LogP contribution in [0.15, 0.2) is 12.1 Å². The summed E-state index contributed by atoms with van der Waals surface area (Å²) in [7, 11) is 1.48. The summed E-state index contributed by atoms with van der Waals surface area (Å²) in [6, 6.07) is 3.32. The van der Waals surface area contributed by atoms with Gasteiger partial charge in [-0.3, -0.25) is 0 Å². The van der Waals surface area contributed by atoms with Gasteiger partial charge in [0.2, 0.25) is 0 Å². The molecule has 0 fully saturated rings. The van der Waals surface area contributed by atoms with E-state index in [1.54, 1.807) is 12.1 Å². The van der Waals surface area contributed by atoms with Crippen molar-refractivity contribution in [1.29, 1.82) is 0 Å². The van der Waals surface area contributed by atoms with Gasteiger partial charge in [-0.05, 0) is 25.5 Å². The predicted octanol–water partition coefficient (Wildman–Crippen LogP) is 2.24. The second-order valence-electron chi connectivity index (χ2n) is 3.62. The second kappa shape index (κ2) is 6.74. The van der Waals surface area contributed by atoms with Crippen LogP contribution in [0, 0.1) is 0 Å². The molecular weight excluding hydrogens is 234 g/mol. The number of carbonyl (C=O) groups is 1. The average Bonchev–Trinajstić information content (AvgIpc) is 2.38. The van der Waals surface area contributed by atoms with Crippen molar-refractivity contribution in [3.8, 4) is 11.5 Å². The predicted molar refractivity (Wildman–Crippen MR) is 69.1 cm³/mol. The average molecular weight is 253 g/mol. The fourth-order valence-electron chi connectivity index (χ4n) is 1.51. The number of hydrogen-bond donors (Lipinski definition) is 1. The van der Waals surface area contributed by atoms with Gasteiger partial charge in [-0.2, -0.15) is 0 Å². The van der Waals surface area contributed by atoms with Crippen LogP contribution >= 0.6 is 0 Å². The first kappa shape index (κ1) is 14.2. The quantitative estimate of drug-likeness (QED) is 0.622. The van der Waals surface area contributed by atoms with Crippen LogP contribution in [0.1, 0.15) is 30.6 Å². The van der Waals surface area contributed by atoms with Crippen LogP contribution < -0.4 is 15.2 Å². The van der Waals surface area contributed by atoms with Crippen molar-refractivity contribution in [3.05, 3.63) is 17.7 Å². The summed E-state index contributed by atoms with van der Waals surface area (Å²) in [5.74, 6) is 0.353. The molecule has 1 aromatic rings. The Morgan fingerprint density at radius 1 is 1.28 bits per heavy atom. The minimum atomic E-state index is -0.493. The van der Waals surface area contributed by atoms with E-state index >= 15 is 0 Å². The Kier molecular flexibility index (Phi) is 5.30. The third kappa shape index (κ3) is 3.06. The highest BCUT2D eigenvalue weighted by Crippen LogP contribution is 2.33. The molecule has 0 bridgehead atoms. The highest BCUT2D eigenvalue weighted by atomic mass is 16.5. The molecular formula is C13H19NO4. The molecule has 100 valence electrons. The molecule has 0 aromatic heterocycles. The Labute approximate surface area is 107 Å². The molecule has 5 heteroatoms. The Morgan fingerprint density at radius 3 is 2.50 bits per heavy atom. The summed E-state index contributed by atoms with van der Waals surface area (Å²) < 4.78 is 15.5. The lowest BCUT2D eigenvalue weighted by molar-refractivity contribution is 0.0502. The molecule has 0 amide bonds. The van der Waals surface area contributed by atoms with Crippen LogP contribution in [0.2, 0.25) is 0 Å². The summed E-state index contributed by atoms with van der Waals surface area (Å²) in [5, 5.41) is 0. The minimum absolute atomic E-state index is 0.219. The maximum Gasteiger partial charge on any atom is 0.344 e. The number of anilines is 1. The first-order valence-electron chi connectivity index (χ1n) is 5.92. The maximum absolute atomic E-state index is 11.9. The van der Waals surface area contributed by atoms with Crippen molar-refractivity contribution in [2.75, 3.05) is 26.1 Å². The van der Waals surface area contributed by atoms with Crippen molar-refractivity contribution in [1.82, 2.24) is 0 Å². The number of benzene rings is 1. The molecule has 2 N–H and O–H groups in total. The molecule has 0 atom stereocenters. The first-order chi connectivity index (χ1) is 8.65. The van der Waals surface area contributed by atoms with Crippen molar-refractivity contribution >= 4 is 11.7 Å². The van der Waals surface area contributed by atoms with E-state index < -0.39 is 5.97 Å². The van der Waals surface area contributed by atoms with Gasteiger partial charge in [0.15, 0.2) is 0 Å². The van der Waals surface area contributed by atoms with Crippen molar-refractivity contribution in [3.63, 3.8) is 0 Å². The van der Waals surface area contributed by atoms with Gasteiger partial charge in [0, 0.05) is 0 Å². The zero-order chi connectivity index (χ0) is 13.5. The molecule has 1 aromatic carbocycles. The number of hydrogen-bond acceptors (Lipinski definition) is 5. The number of esters is 1. The Morgan fingerprint density at radius 2 is 1.94 bits per heavy atom. The van der Waals surface area contributed by atoms with Gasteiger partial charge >= 0.3 is 5.97 Å². The normalized spacial score (nSPS) is 9.94. The third-order valence-electron chi connectivity index (χ3n) is 2.33. The van der Waals surface area contributed by atoms with Crippen LogP contribution in [-0.2, 0) is 4.74 Å². The van der Waals surface area contributed by atoms with Crippen molar-refractivity contribution in [2.24, 2.45) is 0 Å². The highest BCUT2D eigenvalue weighted by molar-refractivity contribution is 5.99. The van der Waals surface area contributed by atoms with Crippen LogP contribution in [0.4, 0.5) is 5.69 Å². The van der Waals surface area contributed by atoms with Gasteiger partial charge in [-0.25, -0.2) is 4.79 Å². The minimum Gasteiger partial charge on any atom is -0.496 e. The van der Waals surface area contributed by atoms with E-state index in [4.69, 9.17) is 19.9 Å². The fourth-order valence-corrected chi connectivity index (χ4v) is 1.51. The number of carbonyl (C=O) groups excluding carboxylic acids is 1. The lowest BCUT2D eigenvalue weighted by Crippen LogP contribution is -2.12. The lowest BCUT2D eigenvalue weighted by atomic mass is 10.1. The van der Waals surface area contributed by atoms with E-state index in [1.807, 2.05) is 13.8 Å². The zero-order valence-corrected chi connectivity index (χ0v) is 11.0. The van der Waals surface area contributed by atoms with E-state index in [-0.39, 0.29) is 11.3 Å². The molecule has 0 radical (unpaired) electrons. The number of nitrogen functional groups attached to an aromatic ring is 1. The summed E-state index contributed by atoms with van der Waals surface area (Å²) >= 11 is 0. The third-order valence-corrected chi connectivity index (χ3v) is 2.33. The second-order valence-corrected chi connectivity index (χ2v) is 3.62. The summed E-state index contributed by atoms with van der Waals surface area (Å²) in [6.45, 7) is 4.59. The Bertz CT molecular complexity index is 418. The van der Waals surface area contributed by atoms with Gasteiger partial charge in [0.25, 0.3) is 0 Å². The molecule has 0 aliphatic carbocycles. The molecule has 0 spiro atoms. The Balaban J connectivity index is 3.12. The monoisotopic (exact) mass is 253 g/mol.